The molecular formula is C13H18BrFN2O. The minimum absolute atomic E-state index is 0.0498. The third-order valence-corrected chi connectivity index (χ3v) is 3.51. The van der Waals surface area contributed by atoms with Gasteiger partial charge in [0.1, 0.15) is 5.82 Å². The van der Waals surface area contributed by atoms with Crippen molar-refractivity contribution in [2.45, 2.75) is 26.3 Å². The van der Waals surface area contributed by atoms with Crippen molar-refractivity contribution in [1.82, 2.24) is 5.32 Å². The number of nitrogens with one attached hydrogen (secondary N) is 1. The number of hydrogen-bond acceptors (Lipinski definition) is 2. The number of hydrogen-bond donors (Lipinski definition) is 2. The van der Waals surface area contributed by atoms with Gasteiger partial charge in [0.05, 0.1) is 4.47 Å². The summed E-state index contributed by atoms with van der Waals surface area (Å²) in [5, 5.41) is 2.82. The van der Waals surface area contributed by atoms with Gasteiger partial charge in [-0.1, -0.05) is 13.0 Å². The molecule has 3 N–H and O–H groups in total. The molecule has 0 fully saturated rings. The van der Waals surface area contributed by atoms with Crippen LogP contribution in [0.5, 0.6) is 0 Å². The molecule has 0 saturated carbocycles. The molecule has 100 valence electrons. The highest BCUT2D eigenvalue weighted by molar-refractivity contribution is 9.10. The predicted molar refractivity (Wildman–Crippen MR) is 73.6 cm³/mol. The van der Waals surface area contributed by atoms with Gasteiger partial charge in [-0.3, -0.25) is 4.79 Å². The first kappa shape index (κ1) is 15.1. The smallest absolute Gasteiger partial charge is 0.224 e. The molecule has 2 atom stereocenters. The lowest BCUT2D eigenvalue weighted by Gasteiger charge is -2.15. The summed E-state index contributed by atoms with van der Waals surface area (Å²) in [6.45, 7) is 4.13. The van der Waals surface area contributed by atoms with E-state index in [1.807, 2.05) is 0 Å². The molecule has 0 aromatic heterocycles. The lowest BCUT2D eigenvalue weighted by Crippen LogP contribution is -2.39. The van der Waals surface area contributed by atoms with Crippen LogP contribution >= 0.6 is 15.9 Å². The molecule has 5 heteroatoms. The van der Waals surface area contributed by atoms with Crippen LogP contribution in [0.1, 0.15) is 19.4 Å². The summed E-state index contributed by atoms with van der Waals surface area (Å²) in [6.07, 6.45) is 0.663. The Morgan fingerprint density at radius 3 is 2.72 bits per heavy atom. The number of amides is 1. The molecule has 1 amide bonds. The summed E-state index contributed by atoms with van der Waals surface area (Å²) in [4.78, 5) is 11.6. The zero-order valence-electron chi connectivity index (χ0n) is 10.5. The predicted octanol–water partition coefficient (Wildman–Crippen LogP) is 2.23. The average molecular weight is 317 g/mol. The highest BCUT2D eigenvalue weighted by Gasteiger charge is 2.16. The molecule has 2 unspecified atom stereocenters. The van der Waals surface area contributed by atoms with Gasteiger partial charge in [-0.25, -0.2) is 4.39 Å². The standard InChI is InChI=1S/C13H18BrFN2O/c1-8(9(2)16)13(18)17-6-5-10-3-4-12(15)11(14)7-10/h3-4,7-9H,5-6,16H2,1-2H3,(H,17,18). The van der Waals surface area contributed by atoms with Crippen molar-refractivity contribution in [2.75, 3.05) is 6.54 Å². The van der Waals surface area contributed by atoms with Crippen LogP contribution in [0.2, 0.25) is 0 Å². The molecule has 18 heavy (non-hydrogen) atoms. The van der Waals surface area contributed by atoms with Crippen LogP contribution in [-0.4, -0.2) is 18.5 Å². The zero-order chi connectivity index (χ0) is 13.7. The van der Waals surface area contributed by atoms with Crippen molar-refractivity contribution in [3.8, 4) is 0 Å². The summed E-state index contributed by atoms with van der Waals surface area (Å²) in [5.41, 5.74) is 6.62. The Balaban J connectivity index is 2.42. The molecule has 0 aliphatic heterocycles. The molecule has 0 bridgehead atoms. The number of nitrogens with two attached hydrogens (primary N) is 1. The highest BCUT2D eigenvalue weighted by Crippen LogP contribution is 2.16. The Morgan fingerprint density at radius 1 is 1.50 bits per heavy atom. The summed E-state index contributed by atoms with van der Waals surface area (Å²) >= 11 is 3.13. The maximum Gasteiger partial charge on any atom is 0.224 e. The normalized spacial score (nSPS) is 14.1. The molecule has 0 aliphatic carbocycles. The molecule has 0 radical (unpaired) electrons. The molecule has 0 saturated heterocycles. The first-order chi connectivity index (χ1) is 8.41. The van der Waals surface area contributed by atoms with E-state index in [9.17, 15) is 9.18 Å². The first-order valence-corrected chi connectivity index (χ1v) is 6.68. The third-order valence-electron chi connectivity index (χ3n) is 2.90. The minimum Gasteiger partial charge on any atom is -0.355 e. The fourth-order valence-electron chi connectivity index (χ4n) is 1.42. The fourth-order valence-corrected chi connectivity index (χ4v) is 1.85. The van der Waals surface area contributed by atoms with E-state index < -0.39 is 0 Å². The van der Waals surface area contributed by atoms with Crippen LogP contribution in [0.25, 0.3) is 0 Å². The van der Waals surface area contributed by atoms with Gasteiger partial charge in [-0.05, 0) is 47.0 Å². The van der Waals surface area contributed by atoms with Crippen molar-refractivity contribution < 1.29 is 9.18 Å². The Kier molecular flexibility index (Phi) is 5.75. The Morgan fingerprint density at radius 2 is 2.17 bits per heavy atom. The topological polar surface area (TPSA) is 55.1 Å². The van der Waals surface area contributed by atoms with Crippen molar-refractivity contribution in [1.29, 1.82) is 0 Å². The fraction of sp³-hybridized carbons (Fsp3) is 0.462. The molecule has 0 aliphatic rings. The highest BCUT2D eigenvalue weighted by atomic mass is 79.9. The Hall–Kier alpha value is -0.940. The molecule has 3 nitrogen and oxygen atoms in total. The van der Waals surface area contributed by atoms with Crippen molar-refractivity contribution in [2.24, 2.45) is 11.7 Å². The van der Waals surface area contributed by atoms with Gasteiger partial charge in [-0.15, -0.1) is 0 Å². The van der Waals surface area contributed by atoms with Gasteiger partial charge in [0.15, 0.2) is 0 Å². The number of halogens is 2. The second-order valence-corrected chi connectivity index (χ2v) is 5.29. The van der Waals surface area contributed by atoms with Crippen LogP contribution in [0, 0.1) is 11.7 Å². The number of rotatable bonds is 5. The van der Waals surface area contributed by atoms with E-state index in [4.69, 9.17) is 5.73 Å². The maximum atomic E-state index is 13.0. The van der Waals surface area contributed by atoms with E-state index in [-0.39, 0.29) is 23.7 Å². The number of benzene rings is 1. The third kappa shape index (κ3) is 4.38. The summed E-state index contributed by atoms with van der Waals surface area (Å²) in [7, 11) is 0. The van der Waals surface area contributed by atoms with E-state index in [0.29, 0.717) is 17.4 Å². The van der Waals surface area contributed by atoms with Crippen LogP contribution in [0.4, 0.5) is 4.39 Å². The van der Waals surface area contributed by atoms with E-state index in [1.54, 1.807) is 26.0 Å². The van der Waals surface area contributed by atoms with Crippen LogP contribution in [-0.2, 0) is 11.2 Å². The van der Waals surface area contributed by atoms with Crippen LogP contribution in [0.15, 0.2) is 22.7 Å². The van der Waals surface area contributed by atoms with Crippen molar-refractivity contribution in [3.63, 3.8) is 0 Å². The van der Waals surface area contributed by atoms with E-state index in [0.717, 1.165) is 5.56 Å². The van der Waals surface area contributed by atoms with Crippen molar-refractivity contribution >= 4 is 21.8 Å². The Labute approximate surface area is 115 Å². The molecule has 1 aromatic rings. The largest absolute Gasteiger partial charge is 0.355 e. The van der Waals surface area contributed by atoms with Gasteiger partial charge < -0.3 is 11.1 Å². The summed E-state index contributed by atoms with van der Waals surface area (Å²) < 4.78 is 13.5. The molecule has 1 aromatic carbocycles. The average Bonchev–Trinajstić information content (AvgIpc) is 2.32. The quantitative estimate of drug-likeness (QED) is 0.875. The minimum atomic E-state index is -0.284. The Bertz CT molecular complexity index is 423. The van der Waals surface area contributed by atoms with Gasteiger partial charge in [0.25, 0.3) is 0 Å². The van der Waals surface area contributed by atoms with Gasteiger partial charge in [0.2, 0.25) is 5.91 Å². The SMILES string of the molecule is CC(N)C(C)C(=O)NCCc1ccc(F)c(Br)c1. The number of carbonyl (C=O) groups is 1. The number of carbonyl (C=O) groups excluding carboxylic acids is 1. The first-order valence-electron chi connectivity index (χ1n) is 5.89. The molecule has 0 spiro atoms. The monoisotopic (exact) mass is 316 g/mol. The second kappa shape index (κ2) is 6.85. The van der Waals surface area contributed by atoms with Gasteiger partial charge in [-0.2, -0.15) is 0 Å². The lowest BCUT2D eigenvalue weighted by molar-refractivity contribution is -0.124. The van der Waals surface area contributed by atoms with Gasteiger partial charge in [0, 0.05) is 18.5 Å². The molecular weight excluding hydrogens is 299 g/mol. The summed E-state index contributed by atoms with van der Waals surface area (Å²) in [5.74, 6) is -0.538. The van der Waals surface area contributed by atoms with E-state index >= 15 is 0 Å². The molecule has 1 rings (SSSR count). The van der Waals surface area contributed by atoms with Crippen LogP contribution < -0.4 is 11.1 Å². The van der Waals surface area contributed by atoms with Crippen molar-refractivity contribution in [3.05, 3.63) is 34.1 Å². The van der Waals surface area contributed by atoms with E-state index in [1.165, 1.54) is 6.07 Å². The summed E-state index contributed by atoms with van der Waals surface area (Å²) in [6, 6.07) is 4.67. The maximum absolute atomic E-state index is 13.0. The van der Waals surface area contributed by atoms with Crippen LogP contribution in [0.3, 0.4) is 0 Å². The lowest BCUT2D eigenvalue weighted by atomic mass is 10.0. The second-order valence-electron chi connectivity index (χ2n) is 4.44. The van der Waals surface area contributed by atoms with E-state index in [2.05, 4.69) is 21.2 Å². The van der Waals surface area contributed by atoms with Gasteiger partial charge >= 0.3 is 0 Å². The zero-order valence-corrected chi connectivity index (χ0v) is 12.1. The molecule has 0 heterocycles.